The molecule has 1 aromatic heterocycles. The van der Waals surface area contributed by atoms with Crippen LogP contribution in [0.5, 0.6) is 0 Å². The normalized spacial score (nSPS) is 12.0. The first kappa shape index (κ1) is 17.5. The minimum absolute atomic E-state index is 0.00213. The molecule has 0 aromatic carbocycles. The van der Waals surface area contributed by atoms with Crippen molar-refractivity contribution in [1.82, 2.24) is 9.88 Å². The van der Waals surface area contributed by atoms with Crippen LogP contribution in [0.15, 0.2) is 11.1 Å². The molecule has 0 aliphatic carbocycles. The number of aromatic nitrogens is 1. The van der Waals surface area contributed by atoms with Crippen LogP contribution in [-0.2, 0) is 4.79 Å². The Morgan fingerprint density at radius 2 is 1.90 bits per heavy atom. The number of hydrogen-bond donors (Lipinski definition) is 1. The first-order valence-corrected chi connectivity index (χ1v) is 7.86. The molecule has 1 heterocycles. The minimum Gasteiger partial charge on any atom is -0.478 e. The number of thioether (sulfide) groups is 1. The second-order valence-electron chi connectivity index (χ2n) is 4.84. The van der Waals surface area contributed by atoms with E-state index in [9.17, 15) is 14.7 Å². The van der Waals surface area contributed by atoms with Crippen LogP contribution in [0.1, 0.15) is 42.4 Å². The number of carbonyl (C=O) groups is 2. The van der Waals surface area contributed by atoms with E-state index in [2.05, 4.69) is 4.98 Å². The molecule has 0 aliphatic rings. The van der Waals surface area contributed by atoms with Crippen LogP contribution in [0.3, 0.4) is 0 Å². The van der Waals surface area contributed by atoms with Gasteiger partial charge in [-0.2, -0.15) is 0 Å². The molecule has 5 nitrogen and oxygen atoms in total. The summed E-state index contributed by atoms with van der Waals surface area (Å²) in [6.07, 6.45) is 0. The van der Waals surface area contributed by atoms with Gasteiger partial charge in [-0.25, -0.2) is 9.78 Å². The highest BCUT2D eigenvalue weighted by Crippen LogP contribution is 2.28. The van der Waals surface area contributed by atoms with E-state index < -0.39 is 5.97 Å². The van der Waals surface area contributed by atoms with Crippen LogP contribution < -0.4 is 0 Å². The first-order chi connectivity index (χ1) is 9.81. The molecule has 0 saturated heterocycles. The number of hydrogen-bond acceptors (Lipinski definition) is 4. The van der Waals surface area contributed by atoms with Crippen molar-refractivity contribution in [1.29, 1.82) is 0 Å². The number of pyridine rings is 1. The van der Waals surface area contributed by atoms with E-state index in [1.165, 1.54) is 11.8 Å². The van der Waals surface area contributed by atoms with Crippen molar-refractivity contribution in [2.24, 2.45) is 0 Å². The Balaban J connectivity index is 3.07. The predicted molar refractivity (Wildman–Crippen MR) is 83.9 cm³/mol. The quantitative estimate of drug-likeness (QED) is 0.818. The van der Waals surface area contributed by atoms with Gasteiger partial charge in [0, 0.05) is 18.8 Å². The third-order valence-corrected chi connectivity index (χ3v) is 4.31. The number of aromatic carboxylic acids is 1. The first-order valence-electron chi connectivity index (χ1n) is 6.98. The largest absolute Gasteiger partial charge is 0.478 e. The number of carboxylic acids is 1. The molecule has 0 aliphatic heterocycles. The zero-order valence-corrected chi connectivity index (χ0v) is 14.0. The molecule has 0 bridgehead atoms. The third kappa shape index (κ3) is 4.20. The topological polar surface area (TPSA) is 70.5 Å². The molecular weight excluding hydrogens is 288 g/mol. The molecular formula is C15H22N2O3S. The van der Waals surface area contributed by atoms with Gasteiger partial charge in [-0.1, -0.05) is 11.8 Å². The van der Waals surface area contributed by atoms with E-state index in [4.69, 9.17) is 0 Å². The average Bonchev–Trinajstić information content (AvgIpc) is 2.38. The lowest BCUT2D eigenvalue weighted by Crippen LogP contribution is -2.36. The van der Waals surface area contributed by atoms with Crippen molar-refractivity contribution in [3.63, 3.8) is 0 Å². The van der Waals surface area contributed by atoms with E-state index in [1.54, 1.807) is 24.8 Å². The highest BCUT2D eigenvalue weighted by Gasteiger charge is 2.24. The van der Waals surface area contributed by atoms with Gasteiger partial charge in [-0.05, 0) is 46.2 Å². The molecule has 1 aromatic rings. The molecule has 1 unspecified atom stereocenters. The van der Waals surface area contributed by atoms with Gasteiger partial charge in [-0.3, -0.25) is 4.79 Å². The van der Waals surface area contributed by atoms with Gasteiger partial charge in [0.05, 0.1) is 10.8 Å². The Morgan fingerprint density at radius 1 is 1.33 bits per heavy atom. The standard InChI is InChI=1S/C15H22N2O3S/c1-6-17(7-2)14(18)11(5)21-13-12(15(19)20)9(3)8-10(4)16-13/h8,11H,6-7H2,1-5H3,(H,19,20). The molecule has 0 spiro atoms. The summed E-state index contributed by atoms with van der Waals surface area (Å²) in [6.45, 7) is 10.5. The lowest BCUT2D eigenvalue weighted by Gasteiger charge is -2.22. The summed E-state index contributed by atoms with van der Waals surface area (Å²) in [5.74, 6) is -1.01. The average molecular weight is 310 g/mol. The Hall–Kier alpha value is -1.56. The number of nitrogens with zero attached hydrogens (tertiary/aromatic N) is 2. The van der Waals surface area contributed by atoms with Gasteiger partial charge in [0.1, 0.15) is 5.03 Å². The zero-order chi connectivity index (χ0) is 16.2. The maximum absolute atomic E-state index is 12.3. The van der Waals surface area contributed by atoms with Crippen LogP contribution in [-0.4, -0.2) is 45.2 Å². The Bertz CT molecular complexity index is 542. The maximum Gasteiger partial charge on any atom is 0.338 e. The summed E-state index contributed by atoms with van der Waals surface area (Å²) in [4.78, 5) is 29.7. The molecule has 21 heavy (non-hydrogen) atoms. The fourth-order valence-electron chi connectivity index (χ4n) is 2.16. The van der Waals surface area contributed by atoms with Crippen molar-refractivity contribution in [3.8, 4) is 0 Å². The Labute approximate surface area is 129 Å². The second-order valence-corrected chi connectivity index (χ2v) is 6.17. The summed E-state index contributed by atoms with van der Waals surface area (Å²) < 4.78 is 0. The molecule has 1 rings (SSSR count). The zero-order valence-electron chi connectivity index (χ0n) is 13.1. The van der Waals surface area contributed by atoms with E-state index in [-0.39, 0.29) is 16.7 Å². The maximum atomic E-state index is 12.3. The van der Waals surface area contributed by atoms with Crippen LogP contribution in [0.4, 0.5) is 0 Å². The van der Waals surface area contributed by atoms with E-state index in [1.807, 2.05) is 20.8 Å². The Kier molecular flexibility index (Phi) is 6.20. The fourth-order valence-corrected chi connectivity index (χ4v) is 3.31. The SMILES string of the molecule is CCN(CC)C(=O)C(C)Sc1nc(C)cc(C)c1C(=O)O. The van der Waals surface area contributed by atoms with Crippen LogP contribution in [0.25, 0.3) is 0 Å². The number of aryl methyl sites for hydroxylation is 2. The molecule has 1 amide bonds. The van der Waals surface area contributed by atoms with Gasteiger partial charge in [0.25, 0.3) is 0 Å². The lowest BCUT2D eigenvalue weighted by molar-refractivity contribution is -0.129. The van der Waals surface area contributed by atoms with Gasteiger partial charge in [-0.15, -0.1) is 0 Å². The smallest absolute Gasteiger partial charge is 0.338 e. The summed E-state index contributed by atoms with van der Waals surface area (Å²) in [6, 6.07) is 1.74. The highest BCUT2D eigenvalue weighted by molar-refractivity contribution is 8.00. The lowest BCUT2D eigenvalue weighted by atomic mass is 10.1. The van der Waals surface area contributed by atoms with E-state index in [0.717, 1.165) is 5.69 Å². The molecule has 0 radical (unpaired) electrons. The number of carboxylic acid groups (broad SMARTS) is 1. The second kappa shape index (κ2) is 7.45. The van der Waals surface area contributed by atoms with E-state index >= 15 is 0 Å². The molecule has 1 N–H and O–H groups in total. The van der Waals surface area contributed by atoms with Crippen LogP contribution >= 0.6 is 11.8 Å². The molecule has 1 atom stereocenters. The summed E-state index contributed by atoms with van der Waals surface area (Å²) in [5, 5.41) is 9.39. The van der Waals surface area contributed by atoms with Crippen molar-refractivity contribution in [3.05, 3.63) is 22.9 Å². The monoisotopic (exact) mass is 310 g/mol. The van der Waals surface area contributed by atoms with E-state index in [0.29, 0.717) is 23.7 Å². The van der Waals surface area contributed by atoms with Gasteiger partial charge in [0.2, 0.25) is 5.91 Å². The number of rotatable bonds is 6. The molecule has 116 valence electrons. The predicted octanol–water partition coefficient (Wildman–Crippen LogP) is 2.75. The third-order valence-electron chi connectivity index (χ3n) is 3.24. The number of amides is 1. The van der Waals surface area contributed by atoms with Crippen molar-refractivity contribution >= 4 is 23.6 Å². The number of carbonyl (C=O) groups excluding carboxylic acids is 1. The molecule has 0 fully saturated rings. The summed E-state index contributed by atoms with van der Waals surface area (Å²) >= 11 is 1.21. The minimum atomic E-state index is -1.01. The van der Waals surface area contributed by atoms with Crippen molar-refractivity contribution < 1.29 is 14.7 Å². The van der Waals surface area contributed by atoms with Crippen molar-refractivity contribution in [2.75, 3.05) is 13.1 Å². The van der Waals surface area contributed by atoms with Gasteiger partial charge >= 0.3 is 5.97 Å². The molecule has 6 heteroatoms. The fraction of sp³-hybridized carbons (Fsp3) is 0.533. The van der Waals surface area contributed by atoms with Crippen molar-refractivity contribution in [2.45, 2.75) is 44.9 Å². The summed E-state index contributed by atoms with van der Waals surface area (Å²) in [7, 11) is 0. The van der Waals surface area contributed by atoms with Gasteiger partial charge < -0.3 is 10.0 Å². The van der Waals surface area contributed by atoms with Crippen LogP contribution in [0.2, 0.25) is 0 Å². The highest BCUT2D eigenvalue weighted by atomic mass is 32.2. The Morgan fingerprint density at radius 3 is 2.38 bits per heavy atom. The summed E-state index contributed by atoms with van der Waals surface area (Å²) in [5.41, 5.74) is 1.60. The van der Waals surface area contributed by atoms with Crippen LogP contribution in [0, 0.1) is 13.8 Å². The molecule has 0 saturated carbocycles. The van der Waals surface area contributed by atoms with Gasteiger partial charge in [0.15, 0.2) is 0 Å².